The largest absolute Gasteiger partial charge is 0.463 e. The van der Waals surface area contributed by atoms with E-state index < -0.39 is 81.3 Å². The van der Waals surface area contributed by atoms with Gasteiger partial charge in [-0.15, -0.1) is 22.7 Å². The number of unbranched alkanes of at least 4 members (excludes halogenated alkanes) is 2. The number of non-ortho nitro benzene ring substituents is 2. The molecule has 0 aliphatic heterocycles. The monoisotopic (exact) mass is 1270 g/mol. The number of carbonyl (C=O) groups excluding carboxylic acids is 8. The van der Waals surface area contributed by atoms with E-state index in [9.17, 15) is 58.6 Å². The summed E-state index contributed by atoms with van der Waals surface area (Å²) in [5.74, 6) is -6.80. The summed E-state index contributed by atoms with van der Waals surface area (Å²) in [4.78, 5) is 135. The molecular weight excluding hydrogens is 1210 g/mol. The molecule has 26 heteroatoms. The summed E-state index contributed by atoms with van der Waals surface area (Å²) in [6, 6.07) is 23.0. The van der Waals surface area contributed by atoms with E-state index >= 15 is 0 Å². The number of rotatable bonds is 26. The van der Waals surface area contributed by atoms with E-state index in [2.05, 4.69) is 13.2 Å². The summed E-state index contributed by atoms with van der Waals surface area (Å²) in [7, 11) is 0. The number of nitrogens with zero attached hydrogens (tertiary/aromatic N) is 4. The molecule has 0 radical (unpaired) electrons. The highest BCUT2D eigenvalue weighted by Crippen LogP contribution is 2.51. The van der Waals surface area contributed by atoms with Gasteiger partial charge in [-0.2, -0.15) is 0 Å². The maximum absolute atomic E-state index is 14.5. The number of nitro benzene ring substituents is 2. The minimum atomic E-state index is -0.700. The molecule has 0 amide bonds. The predicted octanol–water partition coefficient (Wildman–Crippen LogP) is 12.0. The summed E-state index contributed by atoms with van der Waals surface area (Å²) < 4.78 is 45.0. The van der Waals surface area contributed by atoms with E-state index in [-0.39, 0.29) is 144 Å². The van der Waals surface area contributed by atoms with E-state index in [0.29, 0.717) is 46.8 Å². The second-order valence-electron chi connectivity index (χ2n) is 20.9. The molecule has 5 aromatic carbocycles. The molecule has 2 saturated carbocycles. The van der Waals surface area contributed by atoms with Gasteiger partial charge in [-0.25, -0.2) is 29.1 Å². The minimum Gasteiger partial charge on any atom is -0.463 e. The van der Waals surface area contributed by atoms with E-state index in [4.69, 9.17) is 47.9 Å². The van der Waals surface area contributed by atoms with Crippen LogP contribution in [-0.2, 0) is 47.7 Å². The lowest BCUT2D eigenvalue weighted by atomic mass is 9.82. The number of nitro groups is 2. The maximum atomic E-state index is 14.5. The molecule has 2 aliphatic rings. The molecule has 90 heavy (non-hydrogen) atoms. The van der Waals surface area contributed by atoms with Gasteiger partial charge in [0, 0.05) is 47.5 Å². The van der Waals surface area contributed by atoms with Gasteiger partial charge in [-0.1, -0.05) is 13.2 Å². The van der Waals surface area contributed by atoms with E-state index in [1.54, 1.807) is 0 Å². The lowest BCUT2D eigenvalue weighted by Crippen LogP contribution is -2.30. The Morgan fingerprint density at radius 1 is 0.444 bits per heavy atom. The van der Waals surface area contributed by atoms with Crippen LogP contribution in [0.1, 0.15) is 97.8 Å². The fourth-order valence-electron chi connectivity index (χ4n) is 9.94. The number of esters is 8. The van der Waals surface area contributed by atoms with Gasteiger partial charge in [-0.3, -0.25) is 39.4 Å². The van der Waals surface area contributed by atoms with Crippen molar-refractivity contribution in [3.05, 3.63) is 154 Å². The van der Waals surface area contributed by atoms with Crippen molar-refractivity contribution < 1.29 is 86.1 Å². The molecular formula is C64H58N4O20S2. The van der Waals surface area contributed by atoms with Gasteiger partial charge in [0.25, 0.3) is 11.4 Å². The zero-order chi connectivity index (χ0) is 63.8. The van der Waals surface area contributed by atoms with E-state index in [1.807, 2.05) is 0 Å². The highest BCUT2D eigenvalue weighted by Gasteiger charge is 2.37. The average Bonchev–Trinajstić information content (AvgIpc) is 1.58. The van der Waals surface area contributed by atoms with E-state index in [1.165, 1.54) is 97.1 Å². The molecule has 466 valence electrons. The maximum Gasteiger partial charge on any atom is 0.338 e. The fourth-order valence-corrected chi connectivity index (χ4v) is 12.0. The van der Waals surface area contributed by atoms with Crippen LogP contribution in [0.25, 0.3) is 41.6 Å². The van der Waals surface area contributed by atoms with Crippen LogP contribution in [0.3, 0.4) is 0 Å². The van der Waals surface area contributed by atoms with Gasteiger partial charge < -0.3 is 37.9 Å². The third-order valence-electron chi connectivity index (χ3n) is 14.9. The summed E-state index contributed by atoms with van der Waals surface area (Å²) in [6.07, 6.45) is 6.01. The first kappa shape index (κ1) is 64.4. The zero-order valence-electron chi connectivity index (χ0n) is 48.2. The number of carbonyl (C=O) groups is 8. The Hall–Kier alpha value is -10.1. The highest BCUT2D eigenvalue weighted by atomic mass is 32.1. The van der Waals surface area contributed by atoms with Crippen LogP contribution in [0.5, 0.6) is 23.0 Å². The molecule has 0 atom stereocenters. The van der Waals surface area contributed by atoms with Crippen LogP contribution in [0.2, 0.25) is 0 Å². The SMILES string of the molecule is C=CC(=O)OCCCCOC(=O)c1ccc(OC(=O)C2CCC(C(=O)Oc3c4nc(-c5ccc([N+](=O)[O-])cc5)sc4c(OC(=O)C4CCC(C(=O)Oc5ccc(C(=O)OCCCCOC(=O)C=C)cc5)CC4)c4nc(-c5ccc([N+](=O)[O-])cc5)sc34)CC2)cc1. The van der Waals surface area contributed by atoms with Gasteiger partial charge in [0.15, 0.2) is 11.5 Å². The van der Waals surface area contributed by atoms with Gasteiger partial charge in [0.1, 0.15) is 41.9 Å². The molecule has 0 unspecified atom stereocenters. The van der Waals surface area contributed by atoms with Gasteiger partial charge in [-0.05, 0) is 150 Å². The Morgan fingerprint density at radius 3 is 1.04 bits per heavy atom. The van der Waals surface area contributed by atoms with Gasteiger partial charge >= 0.3 is 47.8 Å². The number of hydrogen-bond donors (Lipinski definition) is 0. The first-order chi connectivity index (χ1) is 43.5. The van der Waals surface area contributed by atoms with Crippen LogP contribution in [-0.4, -0.2) is 94.0 Å². The minimum absolute atomic E-state index is 0.0219. The van der Waals surface area contributed by atoms with Crippen molar-refractivity contribution in [3.8, 4) is 44.1 Å². The molecule has 2 aliphatic carbocycles. The molecule has 0 saturated heterocycles. The molecule has 24 nitrogen and oxygen atoms in total. The third-order valence-corrected chi connectivity index (χ3v) is 17.1. The van der Waals surface area contributed by atoms with Crippen molar-refractivity contribution in [2.45, 2.75) is 77.0 Å². The van der Waals surface area contributed by atoms with Crippen molar-refractivity contribution in [1.82, 2.24) is 9.97 Å². The van der Waals surface area contributed by atoms with Crippen LogP contribution >= 0.6 is 22.7 Å². The van der Waals surface area contributed by atoms with Crippen molar-refractivity contribution in [2.24, 2.45) is 23.7 Å². The fraction of sp³-hybridized carbons (Fsp3) is 0.312. The van der Waals surface area contributed by atoms with Crippen LogP contribution in [0.4, 0.5) is 11.4 Å². The summed E-state index contributed by atoms with van der Waals surface area (Å²) in [6.45, 7) is 7.19. The molecule has 0 N–H and O–H groups in total. The number of fused-ring (bicyclic) bond motifs is 2. The first-order valence-corrected chi connectivity index (χ1v) is 30.4. The Kier molecular flexibility index (Phi) is 21.6. The Balaban J connectivity index is 0.891. The lowest BCUT2D eigenvalue weighted by Gasteiger charge is -2.26. The molecule has 2 aromatic heterocycles. The number of hydrogen-bond acceptors (Lipinski definition) is 24. The lowest BCUT2D eigenvalue weighted by molar-refractivity contribution is -0.385. The standard InChI is InChI=1S/C64H58N4O20S2/c1-3-49(69)81-33-5-7-35-83-59(71)39-21-29-47(30-22-39)85-61(73)41-9-13-43(14-10-41)63(75)87-53-51-56(90-57(65-51)37-17-25-45(26-18-37)67(77)78)54(52-55(53)89-58(66-52)38-19-27-46(28-20-38)68(79)80)88-64(76)44-15-11-42(12-16-44)62(74)86-48-31-23-40(24-32-48)60(72)84-36-8-6-34-82-50(70)4-2/h3-4,17-32,41-44H,1-2,5-16,33-36H2. The summed E-state index contributed by atoms with van der Waals surface area (Å²) in [5, 5.41) is 23.9. The Morgan fingerprint density at radius 2 is 0.744 bits per heavy atom. The van der Waals surface area contributed by atoms with Crippen LogP contribution in [0, 0.1) is 43.9 Å². The number of benzene rings is 5. The molecule has 9 rings (SSSR count). The molecule has 0 spiro atoms. The van der Waals surface area contributed by atoms with Crippen molar-refractivity contribution in [3.63, 3.8) is 0 Å². The number of aromatic nitrogens is 2. The number of ether oxygens (including phenoxy) is 8. The smallest absolute Gasteiger partial charge is 0.338 e. The van der Waals surface area contributed by atoms with Crippen LogP contribution in [0.15, 0.2) is 122 Å². The average molecular weight is 1270 g/mol. The quantitative estimate of drug-likeness (QED) is 0.00924. The zero-order valence-corrected chi connectivity index (χ0v) is 49.8. The molecule has 0 bridgehead atoms. The molecule has 2 fully saturated rings. The second kappa shape index (κ2) is 30.2. The van der Waals surface area contributed by atoms with Crippen LogP contribution < -0.4 is 18.9 Å². The van der Waals surface area contributed by atoms with Crippen molar-refractivity contribution >= 4 is 102 Å². The Bertz CT molecular complexity index is 3560. The summed E-state index contributed by atoms with van der Waals surface area (Å²) >= 11 is 2.11. The highest BCUT2D eigenvalue weighted by molar-refractivity contribution is 7.24. The van der Waals surface area contributed by atoms with Gasteiger partial charge in [0.05, 0.1) is 71.1 Å². The van der Waals surface area contributed by atoms with E-state index in [0.717, 1.165) is 34.8 Å². The molecule has 7 aromatic rings. The first-order valence-electron chi connectivity index (χ1n) is 28.7. The topological polar surface area (TPSA) is 322 Å². The third kappa shape index (κ3) is 16.4. The van der Waals surface area contributed by atoms with Crippen molar-refractivity contribution in [1.29, 1.82) is 0 Å². The van der Waals surface area contributed by atoms with Crippen molar-refractivity contribution in [2.75, 3.05) is 26.4 Å². The van der Waals surface area contributed by atoms with Gasteiger partial charge in [0.2, 0.25) is 0 Å². The normalized spacial score (nSPS) is 16.2. The summed E-state index contributed by atoms with van der Waals surface area (Å²) in [5.41, 5.74) is 1.24. The second-order valence-corrected chi connectivity index (χ2v) is 22.9. The molecule has 2 heterocycles. The number of thiazole rings is 2. The Labute approximate surface area is 521 Å². The predicted molar refractivity (Wildman–Crippen MR) is 325 cm³/mol.